The molecule has 0 spiro atoms. The molecule has 2 unspecified atom stereocenters. The summed E-state index contributed by atoms with van der Waals surface area (Å²) in [4.78, 5) is 0. The van der Waals surface area contributed by atoms with Crippen LogP contribution < -0.4 is 5.73 Å². The van der Waals surface area contributed by atoms with E-state index in [-0.39, 0.29) is 19.8 Å². The van der Waals surface area contributed by atoms with Gasteiger partial charge in [-0.3, -0.25) is 0 Å². The van der Waals surface area contributed by atoms with Crippen molar-refractivity contribution in [1.29, 1.82) is 0 Å². The monoisotopic (exact) mass is 235 g/mol. The first-order valence-electron chi connectivity index (χ1n) is 5.54. The zero-order chi connectivity index (χ0) is 12.1. The first-order valence-corrected chi connectivity index (χ1v) is 5.54. The maximum absolute atomic E-state index is 9.88. The van der Waals surface area contributed by atoms with Gasteiger partial charge >= 0.3 is 0 Å². The number of hydrogen-bond donors (Lipinski definition) is 4. The number of rotatable bonds is 5. The van der Waals surface area contributed by atoms with E-state index in [0.717, 1.165) is 0 Å². The van der Waals surface area contributed by atoms with Gasteiger partial charge in [0.05, 0.1) is 44.2 Å². The molecule has 1 aliphatic rings. The van der Waals surface area contributed by atoms with Gasteiger partial charge < -0.3 is 30.5 Å². The Morgan fingerprint density at radius 1 is 1.25 bits per heavy atom. The van der Waals surface area contributed by atoms with Crippen molar-refractivity contribution in [3.05, 3.63) is 0 Å². The van der Waals surface area contributed by atoms with Gasteiger partial charge in [-0.1, -0.05) is 0 Å². The zero-order valence-electron chi connectivity index (χ0n) is 9.45. The predicted octanol–water partition coefficient (Wildman–Crippen LogP) is -1.92. The van der Waals surface area contributed by atoms with Crippen LogP contribution in [0.25, 0.3) is 0 Å². The highest BCUT2D eigenvalue weighted by molar-refractivity contribution is 4.93. The Morgan fingerprint density at radius 2 is 1.94 bits per heavy atom. The second-order valence-corrected chi connectivity index (χ2v) is 3.97. The fourth-order valence-electron chi connectivity index (χ4n) is 1.93. The van der Waals surface area contributed by atoms with Crippen LogP contribution in [0.1, 0.15) is 6.92 Å². The van der Waals surface area contributed by atoms with Crippen molar-refractivity contribution in [2.75, 3.05) is 26.4 Å². The topological polar surface area (TPSA) is 105 Å². The zero-order valence-corrected chi connectivity index (χ0v) is 9.45. The van der Waals surface area contributed by atoms with E-state index in [1.807, 2.05) is 6.92 Å². The van der Waals surface area contributed by atoms with E-state index < -0.39 is 30.3 Å². The minimum atomic E-state index is -0.888. The Morgan fingerprint density at radius 3 is 2.44 bits per heavy atom. The van der Waals surface area contributed by atoms with Crippen molar-refractivity contribution in [1.82, 2.24) is 0 Å². The summed E-state index contributed by atoms with van der Waals surface area (Å²) in [6, 6.07) is -0.605. The molecule has 0 aliphatic carbocycles. The number of aliphatic hydroxyl groups is 3. The second kappa shape index (κ2) is 6.48. The van der Waals surface area contributed by atoms with Gasteiger partial charge in [0.15, 0.2) is 0 Å². The molecule has 0 amide bonds. The fraction of sp³-hybridized carbons (Fsp3) is 1.00. The van der Waals surface area contributed by atoms with Crippen molar-refractivity contribution in [2.45, 2.75) is 31.3 Å². The summed E-state index contributed by atoms with van der Waals surface area (Å²) in [5, 5.41) is 28.1. The van der Waals surface area contributed by atoms with Crippen LogP contribution in [-0.4, -0.2) is 66.1 Å². The van der Waals surface area contributed by atoms with Gasteiger partial charge in [-0.05, 0) is 6.92 Å². The van der Waals surface area contributed by atoms with Gasteiger partial charge in [-0.15, -0.1) is 0 Å². The molecule has 5 N–H and O–H groups in total. The summed E-state index contributed by atoms with van der Waals surface area (Å²) in [6.45, 7) is 2.16. The number of hydrogen-bond acceptors (Lipinski definition) is 6. The third-order valence-electron chi connectivity index (χ3n) is 2.97. The van der Waals surface area contributed by atoms with Crippen LogP contribution in [0.2, 0.25) is 0 Å². The lowest BCUT2D eigenvalue weighted by molar-refractivity contribution is -0.183. The SMILES string of the molecule is CCOC[C@@H]1OC(CO)[C@H](CO)[C@H](O)C1N. The molecule has 5 atom stereocenters. The molecule has 1 heterocycles. The normalized spacial score (nSPS) is 39.9. The maximum Gasteiger partial charge on any atom is 0.0989 e. The van der Waals surface area contributed by atoms with E-state index >= 15 is 0 Å². The van der Waals surface area contributed by atoms with Gasteiger partial charge in [0.1, 0.15) is 0 Å². The molecule has 96 valence electrons. The number of ether oxygens (including phenoxy) is 2. The Balaban J connectivity index is 2.63. The molecule has 0 aromatic carbocycles. The summed E-state index contributed by atoms with van der Waals surface area (Å²) in [7, 11) is 0. The molecule has 0 radical (unpaired) electrons. The highest BCUT2D eigenvalue weighted by Crippen LogP contribution is 2.24. The summed E-state index contributed by atoms with van der Waals surface area (Å²) >= 11 is 0. The van der Waals surface area contributed by atoms with Gasteiger partial charge in [0.25, 0.3) is 0 Å². The quantitative estimate of drug-likeness (QED) is 0.443. The van der Waals surface area contributed by atoms with Crippen molar-refractivity contribution in [3.8, 4) is 0 Å². The molecule has 0 bridgehead atoms. The van der Waals surface area contributed by atoms with Gasteiger partial charge in [-0.25, -0.2) is 0 Å². The van der Waals surface area contributed by atoms with E-state index in [2.05, 4.69) is 0 Å². The summed E-state index contributed by atoms with van der Waals surface area (Å²) < 4.78 is 10.7. The number of nitrogens with two attached hydrogens (primary N) is 1. The third kappa shape index (κ3) is 2.91. The minimum Gasteiger partial charge on any atom is -0.396 e. The molecular formula is C10H21NO5. The van der Waals surface area contributed by atoms with Crippen molar-refractivity contribution >= 4 is 0 Å². The van der Waals surface area contributed by atoms with Gasteiger partial charge in [0.2, 0.25) is 0 Å². The van der Waals surface area contributed by atoms with Crippen LogP contribution in [0, 0.1) is 5.92 Å². The third-order valence-corrected chi connectivity index (χ3v) is 2.97. The molecule has 1 rings (SSSR count). The molecule has 0 aromatic heterocycles. The summed E-state index contributed by atoms with van der Waals surface area (Å²) in [5.41, 5.74) is 5.80. The van der Waals surface area contributed by atoms with Crippen LogP contribution in [0.4, 0.5) is 0 Å². The minimum absolute atomic E-state index is 0.252. The number of aliphatic hydroxyl groups excluding tert-OH is 3. The molecule has 1 aliphatic heterocycles. The maximum atomic E-state index is 9.88. The summed E-state index contributed by atoms with van der Waals surface area (Å²) in [5.74, 6) is -0.544. The average molecular weight is 235 g/mol. The molecule has 1 saturated heterocycles. The predicted molar refractivity (Wildman–Crippen MR) is 56.8 cm³/mol. The van der Waals surface area contributed by atoms with Crippen LogP contribution >= 0.6 is 0 Å². The molecule has 0 aromatic rings. The summed E-state index contributed by atoms with van der Waals surface area (Å²) in [6.07, 6.45) is -1.93. The van der Waals surface area contributed by atoms with E-state index in [1.54, 1.807) is 0 Å². The van der Waals surface area contributed by atoms with Crippen LogP contribution in [0.3, 0.4) is 0 Å². The van der Waals surface area contributed by atoms with Gasteiger partial charge in [-0.2, -0.15) is 0 Å². The van der Waals surface area contributed by atoms with E-state index in [1.165, 1.54) is 0 Å². The molecular weight excluding hydrogens is 214 g/mol. The largest absolute Gasteiger partial charge is 0.396 e. The molecule has 16 heavy (non-hydrogen) atoms. The standard InChI is InChI=1S/C10H21NO5/c1-2-15-5-8-9(11)10(14)6(3-12)7(4-13)16-8/h6-10,12-14H,2-5,11H2,1H3/t6-,7?,8-,9?,10-/m0/s1. The fourth-order valence-corrected chi connectivity index (χ4v) is 1.93. The van der Waals surface area contributed by atoms with Crippen molar-refractivity contribution in [2.24, 2.45) is 11.7 Å². The first kappa shape index (κ1) is 13.8. The Labute approximate surface area is 95.0 Å². The highest BCUT2D eigenvalue weighted by atomic mass is 16.5. The van der Waals surface area contributed by atoms with Crippen LogP contribution in [0.5, 0.6) is 0 Å². The smallest absolute Gasteiger partial charge is 0.0989 e. The van der Waals surface area contributed by atoms with Crippen molar-refractivity contribution in [3.63, 3.8) is 0 Å². The lowest BCUT2D eigenvalue weighted by atomic mass is 9.86. The van der Waals surface area contributed by atoms with E-state index in [0.29, 0.717) is 6.61 Å². The molecule has 6 heteroatoms. The van der Waals surface area contributed by atoms with Crippen LogP contribution in [-0.2, 0) is 9.47 Å². The Hall–Kier alpha value is -0.240. The molecule has 6 nitrogen and oxygen atoms in total. The second-order valence-electron chi connectivity index (χ2n) is 3.97. The van der Waals surface area contributed by atoms with Crippen LogP contribution in [0.15, 0.2) is 0 Å². The Kier molecular flexibility index (Phi) is 5.60. The van der Waals surface area contributed by atoms with Gasteiger partial charge in [0, 0.05) is 12.5 Å². The molecule has 0 saturated carbocycles. The lowest BCUT2D eigenvalue weighted by Crippen LogP contribution is -2.61. The first-order chi connectivity index (χ1) is 7.65. The Bertz CT molecular complexity index is 202. The lowest BCUT2D eigenvalue weighted by Gasteiger charge is -2.42. The van der Waals surface area contributed by atoms with Crippen molar-refractivity contribution < 1.29 is 24.8 Å². The van der Waals surface area contributed by atoms with E-state index in [9.17, 15) is 5.11 Å². The highest BCUT2D eigenvalue weighted by Gasteiger charge is 2.42. The average Bonchev–Trinajstić information content (AvgIpc) is 2.30. The molecule has 1 fully saturated rings. The van der Waals surface area contributed by atoms with E-state index in [4.69, 9.17) is 25.4 Å².